The van der Waals surface area contributed by atoms with Gasteiger partial charge < -0.3 is 9.73 Å². The van der Waals surface area contributed by atoms with Crippen LogP contribution in [0.5, 0.6) is 0 Å². The molecule has 1 N–H and O–H groups in total. The van der Waals surface area contributed by atoms with Gasteiger partial charge in [0.25, 0.3) is 5.91 Å². The maximum atomic E-state index is 12.3. The van der Waals surface area contributed by atoms with Gasteiger partial charge in [-0.2, -0.15) is 0 Å². The van der Waals surface area contributed by atoms with E-state index >= 15 is 0 Å². The van der Waals surface area contributed by atoms with Crippen LogP contribution in [-0.2, 0) is 6.54 Å². The van der Waals surface area contributed by atoms with Gasteiger partial charge in [0.1, 0.15) is 5.58 Å². The van der Waals surface area contributed by atoms with Crippen LogP contribution in [0.25, 0.3) is 11.0 Å². The lowest BCUT2D eigenvalue weighted by atomic mass is 10.1. The molecular formula is C17H16N2O2. The molecule has 0 aliphatic carbocycles. The van der Waals surface area contributed by atoms with E-state index in [9.17, 15) is 4.79 Å². The zero-order valence-electron chi connectivity index (χ0n) is 12.0. The topological polar surface area (TPSA) is 55.1 Å². The summed E-state index contributed by atoms with van der Waals surface area (Å²) in [5, 5.41) is 3.86. The molecular weight excluding hydrogens is 264 g/mol. The lowest BCUT2D eigenvalue weighted by molar-refractivity contribution is 0.0924. The Morgan fingerprint density at radius 2 is 1.95 bits per heavy atom. The third-order valence-electron chi connectivity index (χ3n) is 3.50. The molecule has 2 aromatic heterocycles. The van der Waals surface area contributed by atoms with Gasteiger partial charge in [-0.15, -0.1) is 0 Å². The van der Waals surface area contributed by atoms with Crippen molar-refractivity contribution in [3.63, 3.8) is 0 Å². The summed E-state index contributed by atoms with van der Waals surface area (Å²) in [4.78, 5) is 16.2. The second kappa shape index (κ2) is 5.40. The molecule has 3 aromatic rings. The molecule has 1 aromatic carbocycles. The molecule has 0 radical (unpaired) electrons. The summed E-state index contributed by atoms with van der Waals surface area (Å²) < 4.78 is 5.68. The highest BCUT2D eigenvalue weighted by molar-refractivity contribution is 5.99. The molecule has 1 amide bonds. The van der Waals surface area contributed by atoms with Crippen molar-refractivity contribution in [3.05, 3.63) is 65.2 Å². The maximum absolute atomic E-state index is 12.3. The van der Waals surface area contributed by atoms with E-state index in [0.717, 1.165) is 27.7 Å². The molecule has 4 nitrogen and oxygen atoms in total. The van der Waals surface area contributed by atoms with Gasteiger partial charge in [-0.05, 0) is 43.7 Å². The molecule has 2 heterocycles. The minimum atomic E-state index is -0.196. The zero-order valence-corrected chi connectivity index (χ0v) is 12.0. The Balaban J connectivity index is 1.83. The molecule has 0 bridgehead atoms. The first kappa shape index (κ1) is 13.4. The van der Waals surface area contributed by atoms with E-state index in [1.54, 1.807) is 12.4 Å². The number of furan rings is 1. The van der Waals surface area contributed by atoms with Crippen LogP contribution in [0.4, 0.5) is 0 Å². The maximum Gasteiger partial charge on any atom is 0.287 e. The molecule has 0 saturated carbocycles. The standard InChI is InChI=1S/C17H16N2O2/c1-11-3-4-15-14(9-11)12(2)16(21-15)17(20)19-10-13-5-7-18-8-6-13/h3-9H,10H2,1-2H3,(H,19,20). The minimum Gasteiger partial charge on any atom is -0.451 e. The SMILES string of the molecule is Cc1ccc2oc(C(=O)NCc3ccncc3)c(C)c2c1. The predicted octanol–water partition coefficient (Wildman–Crippen LogP) is 3.37. The van der Waals surface area contributed by atoms with E-state index in [4.69, 9.17) is 4.42 Å². The molecule has 106 valence electrons. The first-order valence-corrected chi connectivity index (χ1v) is 6.82. The number of aryl methyl sites for hydroxylation is 2. The number of fused-ring (bicyclic) bond motifs is 1. The van der Waals surface area contributed by atoms with Crippen molar-refractivity contribution in [2.75, 3.05) is 0 Å². The van der Waals surface area contributed by atoms with Crippen LogP contribution in [0.2, 0.25) is 0 Å². The average Bonchev–Trinajstić information content (AvgIpc) is 2.83. The van der Waals surface area contributed by atoms with Crippen molar-refractivity contribution in [1.82, 2.24) is 10.3 Å². The van der Waals surface area contributed by atoms with Crippen molar-refractivity contribution in [1.29, 1.82) is 0 Å². The Kier molecular flexibility index (Phi) is 3.44. The molecule has 0 fully saturated rings. The molecule has 0 atom stereocenters. The van der Waals surface area contributed by atoms with Crippen LogP contribution in [0.1, 0.15) is 27.2 Å². The summed E-state index contributed by atoms with van der Waals surface area (Å²) in [6.45, 7) is 4.39. The van der Waals surface area contributed by atoms with E-state index in [2.05, 4.69) is 10.3 Å². The monoisotopic (exact) mass is 280 g/mol. The molecule has 21 heavy (non-hydrogen) atoms. The number of benzene rings is 1. The molecule has 0 aliphatic heterocycles. The number of pyridine rings is 1. The molecule has 0 unspecified atom stereocenters. The fourth-order valence-electron chi connectivity index (χ4n) is 2.31. The number of hydrogen-bond acceptors (Lipinski definition) is 3. The number of carbonyl (C=O) groups excluding carboxylic acids is 1. The van der Waals surface area contributed by atoms with Crippen LogP contribution < -0.4 is 5.32 Å². The van der Waals surface area contributed by atoms with Gasteiger partial charge in [-0.25, -0.2) is 0 Å². The predicted molar refractivity (Wildman–Crippen MR) is 81.1 cm³/mol. The highest BCUT2D eigenvalue weighted by atomic mass is 16.3. The van der Waals surface area contributed by atoms with Crippen molar-refractivity contribution >= 4 is 16.9 Å². The lowest BCUT2D eigenvalue weighted by Gasteiger charge is -2.03. The number of rotatable bonds is 3. The molecule has 0 saturated heterocycles. The molecule has 4 heteroatoms. The van der Waals surface area contributed by atoms with Gasteiger partial charge in [0.2, 0.25) is 0 Å². The van der Waals surface area contributed by atoms with Crippen molar-refractivity contribution in [3.8, 4) is 0 Å². The lowest BCUT2D eigenvalue weighted by Crippen LogP contribution is -2.22. The van der Waals surface area contributed by atoms with Gasteiger partial charge >= 0.3 is 0 Å². The third-order valence-corrected chi connectivity index (χ3v) is 3.50. The fourth-order valence-corrected chi connectivity index (χ4v) is 2.31. The number of hydrogen-bond donors (Lipinski definition) is 1. The molecule has 3 rings (SSSR count). The largest absolute Gasteiger partial charge is 0.451 e. The van der Waals surface area contributed by atoms with Crippen LogP contribution in [-0.4, -0.2) is 10.9 Å². The van der Waals surface area contributed by atoms with Crippen molar-refractivity contribution in [2.24, 2.45) is 0 Å². The zero-order chi connectivity index (χ0) is 14.8. The number of nitrogens with one attached hydrogen (secondary N) is 1. The summed E-state index contributed by atoms with van der Waals surface area (Å²) in [6, 6.07) is 9.65. The summed E-state index contributed by atoms with van der Waals surface area (Å²) in [7, 11) is 0. The number of amides is 1. The Labute approximate surface area is 122 Å². The Bertz CT molecular complexity index is 791. The van der Waals surface area contributed by atoms with Crippen molar-refractivity contribution in [2.45, 2.75) is 20.4 Å². The van der Waals surface area contributed by atoms with E-state index in [-0.39, 0.29) is 5.91 Å². The third kappa shape index (κ3) is 2.65. The van der Waals surface area contributed by atoms with E-state index in [0.29, 0.717) is 12.3 Å². The Hall–Kier alpha value is -2.62. The second-order valence-corrected chi connectivity index (χ2v) is 5.09. The number of carbonyl (C=O) groups is 1. The molecule has 0 aliphatic rings. The minimum absolute atomic E-state index is 0.196. The summed E-state index contributed by atoms with van der Waals surface area (Å²) in [5.74, 6) is 0.183. The molecule has 0 spiro atoms. The van der Waals surface area contributed by atoms with Gasteiger partial charge in [0.05, 0.1) is 0 Å². The summed E-state index contributed by atoms with van der Waals surface area (Å²) >= 11 is 0. The summed E-state index contributed by atoms with van der Waals surface area (Å²) in [5.41, 5.74) is 3.77. The van der Waals surface area contributed by atoms with Crippen LogP contribution in [0, 0.1) is 13.8 Å². The van der Waals surface area contributed by atoms with E-state index < -0.39 is 0 Å². The second-order valence-electron chi connectivity index (χ2n) is 5.09. The highest BCUT2D eigenvalue weighted by Gasteiger charge is 2.17. The highest BCUT2D eigenvalue weighted by Crippen LogP contribution is 2.26. The van der Waals surface area contributed by atoms with Crippen LogP contribution in [0.3, 0.4) is 0 Å². The van der Waals surface area contributed by atoms with E-state index in [1.807, 2.05) is 44.2 Å². The Morgan fingerprint density at radius 1 is 1.19 bits per heavy atom. The average molecular weight is 280 g/mol. The quantitative estimate of drug-likeness (QED) is 0.800. The number of aromatic nitrogens is 1. The van der Waals surface area contributed by atoms with E-state index in [1.165, 1.54) is 0 Å². The van der Waals surface area contributed by atoms with Gasteiger partial charge in [0.15, 0.2) is 5.76 Å². The van der Waals surface area contributed by atoms with Gasteiger partial charge in [-0.1, -0.05) is 11.6 Å². The van der Waals surface area contributed by atoms with Crippen molar-refractivity contribution < 1.29 is 9.21 Å². The number of nitrogens with zero attached hydrogens (tertiary/aromatic N) is 1. The van der Waals surface area contributed by atoms with Crippen LogP contribution in [0.15, 0.2) is 47.1 Å². The van der Waals surface area contributed by atoms with Gasteiger partial charge in [0, 0.05) is 29.9 Å². The normalized spacial score (nSPS) is 10.8. The fraction of sp³-hybridized carbons (Fsp3) is 0.176. The summed E-state index contributed by atoms with van der Waals surface area (Å²) in [6.07, 6.45) is 3.41. The first-order chi connectivity index (χ1) is 10.1. The smallest absolute Gasteiger partial charge is 0.287 e. The van der Waals surface area contributed by atoms with Gasteiger partial charge in [-0.3, -0.25) is 9.78 Å². The Morgan fingerprint density at radius 3 is 2.71 bits per heavy atom. The first-order valence-electron chi connectivity index (χ1n) is 6.82. The van der Waals surface area contributed by atoms with Crippen LogP contribution >= 0.6 is 0 Å².